The lowest BCUT2D eigenvalue weighted by Gasteiger charge is -2.28. The highest BCUT2D eigenvalue weighted by molar-refractivity contribution is 6.02. The number of nitrogens with zero attached hydrogens (tertiary/aromatic N) is 4. The van der Waals surface area contributed by atoms with E-state index in [1.807, 2.05) is 18.2 Å². The molecule has 6 nitrogen and oxygen atoms in total. The van der Waals surface area contributed by atoms with Gasteiger partial charge in [-0.25, -0.2) is 4.98 Å². The van der Waals surface area contributed by atoms with Gasteiger partial charge in [0, 0.05) is 17.5 Å². The van der Waals surface area contributed by atoms with Crippen LogP contribution in [0.5, 0.6) is 0 Å². The number of aromatic amines is 1. The quantitative estimate of drug-likeness (QED) is 0.800. The average Bonchev–Trinajstić information content (AvgIpc) is 3.11. The summed E-state index contributed by atoms with van der Waals surface area (Å²) in [5.41, 5.74) is 1.61. The fourth-order valence-electron chi connectivity index (χ4n) is 3.34. The van der Waals surface area contributed by atoms with Crippen molar-refractivity contribution in [2.75, 3.05) is 4.90 Å². The van der Waals surface area contributed by atoms with Gasteiger partial charge in [0.05, 0.1) is 29.8 Å². The van der Waals surface area contributed by atoms with Crippen molar-refractivity contribution in [3.63, 3.8) is 0 Å². The number of aromatic nitrogens is 4. The molecule has 1 N–H and O–H groups in total. The van der Waals surface area contributed by atoms with E-state index < -0.39 is 0 Å². The summed E-state index contributed by atoms with van der Waals surface area (Å²) in [5.74, 6) is 0.784. The Balaban J connectivity index is 1.76. The Hall–Kier alpha value is -2.76. The lowest BCUT2D eigenvalue weighted by atomic mass is 9.88. The number of carbonyl (C=O) groups excluding carboxylic acids is 1. The van der Waals surface area contributed by atoms with Gasteiger partial charge in [-0.05, 0) is 31.0 Å². The highest BCUT2D eigenvalue weighted by Crippen LogP contribution is 2.32. The van der Waals surface area contributed by atoms with E-state index in [1.165, 1.54) is 6.42 Å². The monoisotopic (exact) mass is 321 g/mol. The fraction of sp³-hybridized carbons (Fsp3) is 0.333. The zero-order valence-corrected chi connectivity index (χ0v) is 13.4. The van der Waals surface area contributed by atoms with Gasteiger partial charge < -0.3 is 0 Å². The second-order valence-corrected chi connectivity index (χ2v) is 6.22. The molecule has 122 valence electrons. The topological polar surface area (TPSA) is 74.8 Å². The number of carbonyl (C=O) groups is 1. The van der Waals surface area contributed by atoms with E-state index in [0.717, 1.165) is 42.3 Å². The first kappa shape index (κ1) is 14.8. The van der Waals surface area contributed by atoms with Crippen LogP contribution < -0.4 is 4.90 Å². The molecule has 1 aliphatic rings. The van der Waals surface area contributed by atoms with Gasteiger partial charge in [0.25, 0.3) is 0 Å². The number of rotatable bonds is 3. The maximum absolute atomic E-state index is 13.2. The predicted molar refractivity (Wildman–Crippen MR) is 91.8 cm³/mol. The lowest BCUT2D eigenvalue weighted by Crippen LogP contribution is -2.34. The van der Waals surface area contributed by atoms with Crippen molar-refractivity contribution in [3.8, 4) is 0 Å². The molecule has 0 saturated heterocycles. The van der Waals surface area contributed by atoms with E-state index in [-0.39, 0.29) is 11.8 Å². The van der Waals surface area contributed by atoms with Crippen LogP contribution in [0.15, 0.2) is 43.0 Å². The summed E-state index contributed by atoms with van der Waals surface area (Å²) < 4.78 is 0. The summed E-state index contributed by atoms with van der Waals surface area (Å²) in [6.07, 6.45) is 12.2. The van der Waals surface area contributed by atoms with E-state index in [1.54, 1.807) is 29.7 Å². The first-order valence-electron chi connectivity index (χ1n) is 8.36. The van der Waals surface area contributed by atoms with Crippen LogP contribution in [0.1, 0.15) is 32.1 Å². The Kier molecular flexibility index (Phi) is 3.94. The third kappa shape index (κ3) is 2.75. The fourth-order valence-corrected chi connectivity index (χ4v) is 3.34. The molecule has 1 fully saturated rings. The molecule has 3 aromatic rings. The van der Waals surface area contributed by atoms with Gasteiger partial charge in [-0.2, -0.15) is 5.10 Å². The molecule has 0 aliphatic heterocycles. The summed E-state index contributed by atoms with van der Waals surface area (Å²) in [6, 6.07) is 5.63. The minimum absolute atomic E-state index is 0.0563. The Morgan fingerprint density at radius 2 is 2.04 bits per heavy atom. The zero-order valence-electron chi connectivity index (χ0n) is 13.4. The minimum Gasteiger partial charge on any atom is -0.276 e. The number of fused-ring (bicyclic) bond motifs is 1. The molecule has 1 saturated carbocycles. The summed E-state index contributed by atoms with van der Waals surface area (Å²) in [7, 11) is 0. The van der Waals surface area contributed by atoms with E-state index in [9.17, 15) is 4.79 Å². The van der Waals surface area contributed by atoms with E-state index >= 15 is 0 Å². The van der Waals surface area contributed by atoms with Gasteiger partial charge in [-0.1, -0.05) is 19.3 Å². The molecule has 3 heterocycles. The SMILES string of the molecule is O=C(C1CCCCC1)N(c1cccnc1)c1cc2cn[nH]c2cn1. The Labute approximate surface area is 139 Å². The van der Waals surface area contributed by atoms with Gasteiger partial charge in [-0.15, -0.1) is 0 Å². The van der Waals surface area contributed by atoms with Crippen molar-refractivity contribution >= 4 is 28.3 Å². The zero-order chi connectivity index (χ0) is 16.4. The number of amides is 1. The van der Waals surface area contributed by atoms with E-state index in [0.29, 0.717) is 5.82 Å². The third-order valence-electron chi connectivity index (χ3n) is 4.62. The molecule has 6 heteroatoms. The Morgan fingerprint density at radius 1 is 1.17 bits per heavy atom. The van der Waals surface area contributed by atoms with Crippen LogP contribution in [-0.2, 0) is 4.79 Å². The molecule has 1 aliphatic carbocycles. The Bertz CT molecular complexity index is 839. The summed E-state index contributed by atoms with van der Waals surface area (Å²) >= 11 is 0. The van der Waals surface area contributed by atoms with Crippen molar-refractivity contribution in [2.24, 2.45) is 5.92 Å². The number of nitrogens with one attached hydrogen (secondary N) is 1. The second kappa shape index (κ2) is 6.39. The highest BCUT2D eigenvalue weighted by atomic mass is 16.2. The molecule has 4 rings (SSSR count). The van der Waals surface area contributed by atoms with Crippen LogP contribution in [0.4, 0.5) is 11.5 Å². The van der Waals surface area contributed by atoms with E-state index in [2.05, 4.69) is 20.2 Å². The third-order valence-corrected chi connectivity index (χ3v) is 4.62. The molecular weight excluding hydrogens is 302 g/mol. The van der Waals surface area contributed by atoms with Gasteiger partial charge in [-0.3, -0.25) is 19.8 Å². The largest absolute Gasteiger partial charge is 0.276 e. The van der Waals surface area contributed by atoms with Gasteiger partial charge >= 0.3 is 0 Å². The van der Waals surface area contributed by atoms with Crippen molar-refractivity contribution in [1.82, 2.24) is 20.2 Å². The maximum Gasteiger partial charge on any atom is 0.235 e. The molecule has 3 aromatic heterocycles. The molecule has 0 spiro atoms. The molecule has 1 amide bonds. The maximum atomic E-state index is 13.2. The highest BCUT2D eigenvalue weighted by Gasteiger charge is 2.29. The van der Waals surface area contributed by atoms with Crippen LogP contribution in [0.3, 0.4) is 0 Å². The number of anilines is 2. The molecular formula is C18H19N5O. The van der Waals surface area contributed by atoms with Crippen LogP contribution in [0.2, 0.25) is 0 Å². The van der Waals surface area contributed by atoms with Crippen molar-refractivity contribution < 1.29 is 4.79 Å². The number of H-pyrrole nitrogens is 1. The number of hydrogen-bond acceptors (Lipinski definition) is 4. The molecule has 24 heavy (non-hydrogen) atoms. The molecule has 0 atom stereocenters. The molecule has 0 unspecified atom stereocenters. The van der Waals surface area contributed by atoms with Crippen LogP contribution in [0.25, 0.3) is 10.9 Å². The normalized spacial score (nSPS) is 15.5. The standard InChI is InChI=1S/C18H19N5O/c24-18(13-5-2-1-3-6-13)23(15-7-4-8-19-11-15)17-9-14-10-21-22-16(14)12-20-17/h4,7-13H,1-3,5-6H2,(H,21,22). The molecule has 0 bridgehead atoms. The van der Waals surface area contributed by atoms with Crippen molar-refractivity contribution in [1.29, 1.82) is 0 Å². The molecule has 0 aromatic carbocycles. The van der Waals surface area contributed by atoms with Crippen molar-refractivity contribution in [3.05, 3.63) is 43.0 Å². The second-order valence-electron chi connectivity index (χ2n) is 6.22. The number of hydrogen-bond donors (Lipinski definition) is 1. The first-order valence-corrected chi connectivity index (χ1v) is 8.36. The van der Waals surface area contributed by atoms with E-state index in [4.69, 9.17) is 0 Å². The predicted octanol–water partition coefficient (Wildman–Crippen LogP) is 3.60. The summed E-state index contributed by atoms with van der Waals surface area (Å²) in [6.45, 7) is 0. The first-order chi connectivity index (χ1) is 11.8. The van der Waals surface area contributed by atoms with Gasteiger partial charge in [0.15, 0.2) is 0 Å². The lowest BCUT2D eigenvalue weighted by molar-refractivity contribution is -0.122. The molecule has 0 radical (unpaired) electrons. The van der Waals surface area contributed by atoms with Gasteiger partial charge in [0.2, 0.25) is 5.91 Å². The van der Waals surface area contributed by atoms with Crippen LogP contribution in [-0.4, -0.2) is 26.1 Å². The smallest absolute Gasteiger partial charge is 0.235 e. The average molecular weight is 321 g/mol. The van der Waals surface area contributed by atoms with Crippen molar-refractivity contribution in [2.45, 2.75) is 32.1 Å². The minimum atomic E-state index is 0.0563. The van der Waals surface area contributed by atoms with Crippen LogP contribution >= 0.6 is 0 Å². The summed E-state index contributed by atoms with van der Waals surface area (Å²) in [4.78, 5) is 23.6. The Morgan fingerprint density at radius 3 is 2.83 bits per heavy atom. The van der Waals surface area contributed by atoms with Gasteiger partial charge in [0.1, 0.15) is 5.82 Å². The summed E-state index contributed by atoms with van der Waals surface area (Å²) in [5, 5.41) is 7.85. The van der Waals surface area contributed by atoms with Crippen LogP contribution in [0, 0.1) is 5.92 Å². The number of pyridine rings is 2.